The van der Waals surface area contributed by atoms with Crippen LogP contribution in [0, 0.1) is 11.8 Å². The molecule has 0 bridgehead atoms. The van der Waals surface area contributed by atoms with Crippen molar-refractivity contribution in [2.75, 3.05) is 18.4 Å². The van der Waals surface area contributed by atoms with E-state index in [-0.39, 0.29) is 29.9 Å². The van der Waals surface area contributed by atoms with E-state index in [9.17, 15) is 19.2 Å². The Labute approximate surface area is 204 Å². The summed E-state index contributed by atoms with van der Waals surface area (Å²) in [5.74, 6) is -0.474. The van der Waals surface area contributed by atoms with Crippen molar-refractivity contribution < 1.29 is 19.2 Å². The molecule has 182 valence electrons. The first-order valence-electron chi connectivity index (χ1n) is 12.2. The molecule has 3 aliphatic rings. The Balaban J connectivity index is 1.24. The van der Waals surface area contributed by atoms with E-state index < -0.39 is 23.8 Å². The maximum absolute atomic E-state index is 13.2. The number of fused-ring (bicyclic) bond motifs is 1. The Morgan fingerprint density at radius 3 is 2.37 bits per heavy atom. The molecule has 3 aliphatic heterocycles. The molecular formula is C27H30N4O4. The van der Waals surface area contributed by atoms with Crippen LogP contribution in [0.3, 0.4) is 0 Å². The molecule has 0 aromatic heterocycles. The molecule has 8 heteroatoms. The van der Waals surface area contributed by atoms with Gasteiger partial charge in [0.2, 0.25) is 11.8 Å². The number of nitrogens with one attached hydrogen (secondary N) is 2. The van der Waals surface area contributed by atoms with E-state index in [1.54, 1.807) is 18.2 Å². The third kappa shape index (κ3) is 4.46. The standard InChI is InChI=1S/C27H30N4O4/c1-16(2)19-14-30(15-19)13-18-8-6-17(7-9-18)12-28-21-5-3-4-20-24(21)27(35)31(26(20)34)22-10-11-23(32)29-25(22)33/h3-9,16,19,22,28H,10-15H2,1-2H3,(H,29,32,33). The third-order valence-corrected chi connectivity index (χ3v) is 7.31. The van der Waals surface area contributed by atoms with Crippen molar-refractivity contribution >= 4 is 29.3 Å². The van der Waals surface area contributed by atoms with Crippen LogP contribution in [-0.4, -0.2) is 52.6 Å². The summed E-state index contributed by atoms with van der Waals surface area (Å²) in [6, 6.07) is 12.5. The van der Waals surface area contributed by atoms with Crippen LogP contribution < -0.4 is 10.6 Å². The van der Waals surface area contributed by atoms with Crippen LogP contribution in [0.1, 0.15) is 58.5 Å². The predicted molar refractivity (Wildman–Crippen MR) is 130 cm³/mol. The lowest BCUT2D eigenvalue weighted by molar-refractivity contribution is -0.136. The zero-order valence-electron chi connectivity index (χ0n) is 20.0. The van der Waals surface area contributed by atoms with E-state index >= 15 is 0 Å². The van der Waals surface area contributed by atoms with E-state index in [1.807, 2.05) is 0 Å². The van der Waals surface area contributed by atoms with Gasteiger partial charge >= 0.3 is 0 Å². The van der Waals surface area contributed by atoms with E-state index in [4.69, 9.17) is 0 Å². The summed E-state index contributed by atoms with van der Waals surface area (Å²) >= 11 is 0. The average molecular weight is 475 g/mol. The van der Waals surface area contributed by atoms with Crippen molar-refractivity contribution in [1.29, 1.82) is 0 Å². The molecule has 2 aromatic rings. The molecule has 3 heterocycles. The lowest BCUT2D eigenvalue weighted by Crippen LogP contribution is -2.54. The number of piperidine rings is 1. The van der Waals surface area contributed by atoms with Crippen LogP contribution in [0.4, 0.5) is 5.69 Å². The molecule has 5 rings (SSSR count). The Morgan fingerprint density at radius 1 is 0.971 bits per heavy atom. The molecule has 0 spiro atoms. The van der Waals surface area contributed by atoms with Crippen molar-refractivity contribution in [2.24, 2.45) is 11.8 Å². The molecule has 2 aromatic carbocycles. The van der Waals surface area contributed by atoms with Gasteiger partial charge in [0.25, 0.3) is 11.8 Å². The normalized spacial score (nSPS) is 20.8. The fourth-order valence-electron chi connectivity index (χ4n) is 5.04. The zero-order chi connectivity index (χ0) is 24.7. The van der Waals surface area contributed by atoms with Crippen molar-refractivity contribution in [3.05, 3.63) is 64.7 Å². The Hall–Kier alpha value is -3.52. The first-order valence-corrected chi connectivity index (χ1v) is 12.2. The molecule has 2 fully saturated rings. The number of amides is 4. The van der Waals surface area contributed by atoms with Crippen LogP contribution in [0.2, 0.25) is 0 Å². The van der Waals surface area contributed by atoms with Gasteiger partial charge in [0.05, 0.1) is 11.1 Å². The van der Waals surface area contributed by atoms with Crippen molar-refractivity contribution in [3.63, 3.8) is 0 Å². The van der Waals surface area contributed by atoms with Crippen molar-refractivity contribution in [3.8, 4) is 0 Å². The van der Waals surface area contributed by atoms with Gasteiger partial charge in [-0.2, -0.15) is 0 Å². The van der Waals surface area contributed by atoms with Crippen LogP contribution in [0.5, 0.6) is 0 Å². The Bertz CT molecular complexity index is 1180. The summed E-state index contributed by atoms with van der Waals surface area (Å²) in [6.07, 6.45) is 0.238. The van der Waals surface area contributed by atoms with Gasteiger partial charge in [0.15, 0.2) is 0 Å². The quantitative estimate of drug-likeness (QED) is 0.599. The maximum atomic E-state index is 13.2. The summed E-state index contributed by atoms with van der Waals surface area (Å²) < 4.78 is 0. The Morgan fingerprint density at radius 2 is 1.69 bits per heavy atom. The molecule has 2 N–H and O–H groups in total. The number of anilines is 1. The highest BCUT2D eigenvalue weighted by molar-refractivity contribution is 6.25. The first-order chi connectivity index (χ1) is 16.8. The molecule has 1 unspecified atom stereocenters. The van der Waals surface area contributed by atoms with E-state index in [1.165, 1.54) is 5.56 Å². The number of nitrogens with zero attached hydrogens (tertiary/aromatic N) is 2. The van der Waals surface area contributed by atoms with Crippen LogP contribution in [0.25, 0.3) is 0 Å². The number of carbonyl (C=O) groups excluding carboxylic acids is 4. The third-order valence-electron chi connectivity index (χ3n) is 7.31. The number of hydrogen-bond donors (Lipinski definition) is 2. The molecule has 4 amide bonds. The van der Waals surface area contributed by atoms with Crippen LogP contribution >= 0.6 is 0 Å². The van der Waals surface area contributed by atoms with Crippen molar-refractivity contribution in [1.82, 2.24) is 15.1 Å². The lowest BCUT2D eigenvalue weighted by Gasteiger charge is -2.41. The van der Waals surface area contributed by atoms with Gasteiger partial charge in [-0.15, -0.1) is 0 Å². The molecule has 0 aliphatic carbocycles. The molecule has 2 saturated heterocycles. The largest absolute Gasteiger partial charge is 0.380 e. The van der Waals surface area contributed by atoms with Gasteiger partial charge < -0.3 is 5.32 Å². The lowest BCUT2D eigenvalue weighted by atomic mass is 9.88. The maximum Gasteiger partial charge on any atom is 0.264 e. The summed E-state index contributed by atoms with van der Waals surface area (Å²) in [4.78, 5) is 53.4. The fraction of sp³-hybridized carbons (Fsp3) is 0.407. The van der Waals surface area contributed by atoms with Gasteiger partial charge in [-0.05, 0) is 41.5 Å². The number of likely N-dealkylation sites (tertiary alicyclic amines) is 1. The second kappa shape index (κ2) is 9.26. The number of benzene rings is 2. The highest BCUT2D eigenvalue weighted by atomic mass is 16.2. The number of imide groups is 2. The minimum Gasteiger partial charge on any atom is -0.380 e. The minimum atomic E-state index is -0.970. The number of carbonyl (C=O) groups is 4. The second-order valence-electron chi connectivity index (χ2n) is 10.0. The highest BCUT2D eigenvalue weighted by Gasteiger charge is 2.45. The molecule has 8 nitrogen and oxygen atoms in total. The van der Waals surface area contributed by atoms with Gasteiger partial charge in [0.1, 0.15) is 6.04 Å². The molecule has 0 radical (unpaired) electrons. The van der Waals surface area contributed by atoms with E-state index in [2.05, 4.69) is 53.6 Å². The summed E-state index contributed by atoms with van der Waals surface area (Å²) in [5, 5.41) is 5.51. The highest BCUT2D eigenvalue weighted by Crippen LogP contribution is 2.32. The monoisotopic (exact) mass is 474 g/mol. The second-order valence-corrected chi connectivity index (χ2v) is 10.0. The first kappa shape index (κ1) is 23.2. The molecule has 35 heavy (non-hydrogen) atoms. The number of hydrogen-bond acceptors (Lipinski definition) is 6. The summed E-state index contributed by atoms with van der Waals surface area (Å²) in [7, 11) is 0. The fourth-order valence-corrected chi connectivity index (χ4v) is 5.04. The van der Waals surface area contributed by atoms with Crippen LogP contribution in [0.15, 0.2) is 42.5 Å². The number of rotatable bonds is 7. The van der Waals surface area contributed by atoms with Gasteiger partial charge in [-0.1, -0.05) is 44.2 Å². The Kier molecular flexibility index (Phi) is 6.15. The summed E-state index contributed by atoms with van der Waals surface area (Å²) in [6.45, 7) is 8.32. The summed E-state index contributed by atoms with van der Waals surface area (Å²) in [5.41, 5.74) is 3.44. The van der Waals surface area contributed by atoms with Gasteiger partial charge in [-0.25, -0.2) is 0 Å². The molecule has 1 atom stereocenters. The van der Waals surface area contributed by atoms with E-state index in [0.717, 1.165) is 41.9 Å². The predicted octanol–water partition coefficient (Wildman–Crippen LogP) is 2.79. The SMILES string of the molecule is CC(C)C1CN(Cc2ccc(CNc3cccc4c3C(=O)N(C3CCC(=O)NC3=O)C4=O)cc2)C1. The zero-order valence-corrected chi connectivity index (χ0v) is 20.0. The minimum absolute atomic E-state index is 0.0982. The van der Waals surface area contributed by atoms with E-state index in [0.29, 0.717) is 12.2 Å². The topological polar surface area (TPSA) is 98.8 Å². The smallest absolute Gasteiger partial charge is 0.264 e. The average Bonchev–Trinajstić information content (AvgIpc) is 3.06. The van der Waals surface area contributed by atoms with Crippen molar-refractivity contribution in [2.45, 2.75) is 45.8 Å². The van der Waals surface area contributed by atoms with Gasteiger partial charge in [0, 0.05) is 38.3 Å². The van der Waals surface area contributed by atoms with Crippen LogP contribution in [-0.2, 0) is 22.7 Å². The molecular weight excluding hydrogens is 444 g/mol. The van der Waals surface area contributed by atoms with Gasteiger partial charge in [-0.3, -0.25) is 34.3 Å². The molecule has 0 saturated carbocycles.